The van der Waals surface area contributed by atoms with E-state index in [9.17, 15) is 9.18 Å². The Kier molecular flexibility index (Phi) is 4.84. The molecule has 1 N–H and O–H groups in total. The van der Waals surface area contributed by atoms with E-state index in [4.69, 9.17) is 4.74 Å². The first-order valence-corrected chi connectivity index (χ1v) is 10.9. The molecule has 148 valence electrons. The molecule has 5 heteroatoms. The van der Waals surface area contributed by atoms with E-state index >= 15 is 0 Å². The molecule has 1 amide bonds. The van der Waals surface area contributed by atoms with Gasteiger partial charge in [-0.3, -0.25) is 4.79 Å². The van der Waals surface area contributed by atoms with Crippen LogP contribution in [0.1, 0.15) is 52.3 Å². The van der Waals surface area contributed by atoms with Gasteiger partial charge in [-0.05, 0) is 72.2 Å². The van der Waals surface area contributed by atoms with Crippen LogP contribution in [0.5, 0.6) is 5.75 Å². The maximum Gasteiger partial charge on any atom is 0.225 e. The summed E-state index contributed by atoms with van der Waals surface area (Å²) in [5, 5.41) is 4.15. The van der Waals surface area contributed by atoms with E-state index in [0.29, 0.717) is 13.0 Å². The summed E-state index contributed by atoms with van der Waals surface area (Å²) < 4.78 is 18.9. The molecule has 29 heavy (non-hydrogen) atoms. The van der Waals surface area contributed by atoms with Gasteiger partial charge in [-0.1, -0.05) is 24.3 Å². The first-order valence-electron chi connectivity index (χ1n) is 10.1. The molecule has 0 bridgehead atoms. The predicted octanol–water partition coefficient (Wildman–Crippen LogP) is 5.82. The van der Waals surface area contributed by atoms with Crippen LogP contribution in [-0.2, 0) is 24.2 Å². The Morgan fingerprint density at radius 3 is 2.59 bits per heavy atom. The summed E-state index contributed by atoms with van der Waals surface area (Å²) in [5.41, 5.74) is 4.89. The molecule has 0 saturated heterocycles. The summed E-state index contributed by atoms with van der Waals surface area (Å²) >= 11 is 1.77. The summed E-state index contributed by atoms with van der Waals surface area (Å²) in [6.45, 7) is 0.396. The molecular formula is C24H22FNO2S. The average molecular weight is 408 g/mol. The zero-order chi connectivity index (χ0) is 19.8. The number of carbonyl (C=O) groups is 1. The number of aryl methyl sites for hydroxylation is 1. The number of benzene rings is 2. The predicted molar refractivity (Wildman–Crippen MR) is 113 cm³/mol. The van der Waals surface area contributed by atoms with E-state index in [1.165, 1.54) is 41.0 Å². The van der Waals surface area contributed by atoms with Crippen LogP contribution in [0.2, 0.25) is 0 Å². The van der Waals surface area contributed by atoms with Crippen LogP contribution in [0.3, 0.4) is 0 Å². The smallest absolute Gasteiger partial charge is 0.225 e. The third-order valence-electron chi connectivity index (χ3n) is 5.80. The van der Waals surface area contributed by atoms with E-state index in [1.807, 2.05) is 12.1 Å². The molecule has 0 radical (unpaired) electrons. The molecule has 1 atom stereocenters. The quantitative estimate of drug-likeness (QED) is 0.592. The molecule has 0 fully saturated rings. The van der Waals surface area contributed by atoms with Crippen LogP contribution >= 0.6 is 11.3 Å². The van der Waals surface area contributed by atoms with Crippen LogP contribution in [0.25, 0.3) is 0 Å². The molecule has 3 aromatic rings. The van der Waals surface area contributed by atoms with Crippen LogP contribution in [0.15, 0.2) is 48.5 Å². The molecule has 1 aliphatic carbocycles. The van der Waals surface area contributed by atoms with Crippen molar-refractivity contribution in [2.75, 3.05) is 5.32 Å². The molecule has 1 unspecified atom stereocenters. The van der Waals surface area contributed by atoms with E-state index in [0.717, 1.165) is 34.7 Å². The highest BCUT2D eigenvalue weighted by atomic mass is 32.1. The van der Waals surface area contributed by atoms with Gasteiger partial charge in [0.1, 0.15) is 18.2 Å². The standard InChI is InChI=1S/C24H22FNO2S/c25-17-9-5-15(6-10-17)14-28-18-11-7-16(8-12-18)20-13-22(27)26-24-23(20)19-3-1-2-4-21(19)29-24/h5-12,20H,1-4,13-14H2,(H,26,27). The molecule has 1 aliphatic heterocycles. The molecule has 0 spiro atoms. The van der Waals surface area contributed by atoms with Crippen LogP contribution < -0.4 is 10.1 Å². The lowest BCUT2D eigenvalue weighted by Crippen LogP contribution is -2.23. The van der Waals surface area contributed by atoms with E-state index in [2.05, 4.69) is 17.4 Å². The molecule has 2 aliphatic rings. The molecule has 2 heterocycles. The number of anilines is 1. The second kappa shape index (κ2) is 7.64. The average Bonchev–Trinajstić information content (AvgIpc) is 3.11. The summed E-state index contributed by atoms with van der Waals surface area (Å²) in [6.07, 6.45) is 5.21. The Balaban J connectivity index is 1.37. The lowest BCUT2D eigenvalue weighted by atomic mass is 9.82. The Morgan fingerprint density at radius 2 is 1.79 bits per heavy atom. The maximum atomic E-state index is 13.0. The normalized spacial score (nSPS) is 18.0. The molecular weight excluding hydrogens is 385 g/mol. The Morgan fingerprint density at radius 1 is 1.03 bits per heavy atom. The summed E-state index contributed by atoms with van der Waals surface area (Å²) in [5.74, 6) is 0.733. The van der Waals surface area contributed by atoms with Gasteiger partial charge in [-0.25, -0.2) is 4.39 Å². The SMILES string of the molecule is O=C1CC(c2ccc(OCc3ccc(F)cc3)cc2)c2c(sc3c2CCCC3)N1. The van der Waals surface area contributed by atoms with E-state index in [-0.39, 0.29) is 17.6 Å². The fourth-order valence-electron chi connectivity index (χ4n) is 4.35. The third-order valence-corrected chi connectivity index (χ3v) is 7.03. The zero-order valence-electron chi connectivity index (χ0n) is 16.0. The van der Waals surface area contributed by atoms with Crippen molar-refractivity contribution < 1.29 is 13.9 Å². The number of hydrogen-bond acceptors (Lipinski definition) is 3. The third kappa shape index (κ3) is 3.67. The zero-order valence-corrected chi connectivity index (χ0v) is 16.9. The minimum Gasteiger partial charge on any atom is -0.489 e. The fourth-order valence-corrected chi connectivity index (χ4v) is 5.71. The van der Waals surface area contributed by atoms with Crippen molar-refractivity contribution in [3.8, 4) is 5.75 Å². The van der Waals surface area contributed by atoms with Gasteiger partial charge < -0.3 is 10.1 Å². The number of amides is 1. The number of ether oxygens (including phenoxy) is 1. The highest BCUT2D eigenvalue weighted by molar-refractivity contribution is 7.16. The van der Waals surface area contributed by atoms with Gasteiger partial charge in [0.25, 0.3) is 0 Å². The Hall–Kier alpha value is -2.66. The lowest BCUT2D eigenvalue weighted by Gasteiger charge is -2.25. The van der Waals surface area contributed by atoms with Crippen molar-refractivity contribution in [3.63, 3.8) is 0 Å². The van der Waals surface area contributed by atoms with Crippen LogP contribution in [0.4, 0.5) is 9.39 Å². The van der Waals surface area contributed by atoms with E-state index < -0.39 is 0 Å². The van der Waals surface area contributed by atoms with Crippen molar-refractivity contribution >= 4 is 22.2 Å². The second-order valence-electron chi connectivity index (χ2n) is 7.74. The maximum absolute atomic E-state index is 13.0. The monoisotopic (exact) mass is 407 g/mol. The van der Waals surface area contributed by atoms with Gasteiger partial charge in [-0.2, -0.15) is 0 Å². The van der Waals surface area contributed by atoms with Crippen molar-refractivity contribution in [2.45, 2.75) is 44.6 Å². The highest BCUT2D eigenvalue weighted by Gasteiger charge is 2.33. The number of halogens is 1. The lowest BCUT2D eigenvalue weighted by molar-refractivity contribution is -0.116. The van der Waals surface area contributed by atoms with Crippen molar-refractivity contribution in [1.29, 1.82) is 0 Å². The minimum absolute atomic E-state index is 0.0951. The summed E-state index contributed by atoms with van der Waals surface area (Å²) in [7, 11) is 0. The Bertz CT molecular complexity index is 1040. The molecule has 0 saturated carbocycles. The van der Waals surface area contributed by atoms with Gasteiger partial charge in [0, 0.05) is 17.2 Å². The molecule has 3 nitrogen and oxygen atoms in total. The summed E-state index contributed by atoms with van der Waals surface area (Å²) in [4.78, 5) is 13.8. The van der Waals surface area contributed by atoms with Gasteiger partial charge in [0.05, 0.1) is 5.00 Å². The fraction of sp³-hybridized carbons (Fsp3) is 0.292. The van der Waals surface area contributed by atoms with Gasteiger partial charge >= 0.3 is 0 Å². The minimum atomic E-state index is -0.246. The number of hydrogen-bond donors (Lipinski definition) is 1. The molecule has 1 aromatic heterocycles. The van der Waals surface area contributed by atoms with Crippen molar-refractivity contribution in [3.05, 3.63) is 81.5 Å². The first kappa shape index (κ1) is 18.4. The van der Waals surface area contributed by atoms with E-state index in [1.54, 1.807) is 23.5 Å². The second-order valence-corrected chi connectivity index (χ2v) is 8.85. The first-order chi connectivity index (χ1) is 14.2. The largest absolute Gasteiger partial charge is 0.489 e. The van der Waals surface area contributed by atoms with Gasteiger partial charge in [-0.15, -0.1) is 11.3 Å². The number of nitrogens with one attached hydrogen (secondary N) is 1. The van der Waals surface area contributed by atoms with Crippen LogP contribution in [0, 0.1) is 5.82 Å². The topological polar surface area (TPSA) is 38.3 Å². The Labute approximate surface area is 173 Å². The van der Waals surface area contributed by atoms with Crippen molar-refractivity contribution in [2.24, 2.45) is 0 Å². The van der Waals surface area contributed by atoms with Crippen LogP contribution in [-0.4, -0.2) is 5.91 Å². The highest BCUT2D eigenvalue weighted by Crippen LogP contribution is 2.47. The number of rotatable bonds is 4. The molecule has 5 rings (SSSR count). The van der Waals surface area contributed by atoms with Gasteiger partial charge in [0.15, 0.2) is 0 Å². The number of thiophene rings is 1. The molecule has 2 aromatic carbocycles. The van der Waals surface area contributed by atoms with Gasteiger partial charge in [0.2, 0.25) is 5.91 Å². The van der Waals surface area contributed by atoms with Crippen molar-refractivity contribution in [1.82, 2.24) is 0 Å². The number of carbonyl (C=O) groups excluding carboxylic acids is 1. The summed E-state index contributed by atoms with van der Waals surface area (Å²) in [6, 6.07) is 14.4. The number of fused-ring (bicyclic) bond motifs is 3.